The normalized spacial score (nSPS) is 11.8. The van der Waals surface area contributed by atoms with Crippen molar-refractivity contribution in [1.29, 1.82) is 0 Å². The summed E-state index contributed by atoms with van der Waals surface area (Å²) in [4.78, 5) is 28.9. The van der Waals surface area contributed by atoms with Gasteiger partial charge in [0.1, 0.15) is 11.4 Å². The van der Waals surface area contributed by atoms with Gasteiger partial charge in [0.25, 0.3) is 5.91 Å². The molecular formula is C21H16Cl2N4O4. The number of anilines is 1. The summed E-state index contributed by atoms with van der Waals surface area (Å²) >= 11 is 11.8. The average molecular weight is 459 g/mol. The Bertz CT molecular complexity index is 1140. The Kier molecular flexibility index (Phi) is 7.17. The topological polar surface area (TPSA) is 113 Å². The molecule has 0 spiro atoms. The molecule has 0 saturated heterocycles. The highest BCUT2D eigenvalue weighted by Gasteiger charge is 2.22. The van der Waals surface area contributed by atoms with Crippen LogP contribution in [0.25, 0.3) is 0 Å². The number of rotatable bonds is 6. The standard InChI is InChI=1S/C21H16Cl2N4O4/c1-12(20(29)25-19-17(23)10-13(22)11-24-19)31-21(30)16-4-2-3-5-18(16)27-26-14-6-8-15(28)9-7-14/h2-12,28H,1H3,(H,24,25,29)/t12-/m0/s1. The number of phenolic OH excluding ortho intramolecular Hbond substituents is 1. The first-order valence-electron chi connectivity index (χ1n) is 8.96. The summed E-state index contributed by atoms with van der Waals surface area (Å²) in [5.41, 5.74) is 0.879. The molecule has 1 heterocycles. The zero-order valence-electron chi connectivity index (χ0n) is 16.1. The number of hydrogen-bond donors (Lipinski definition) is 2. The minimum Gasteiger partial charge on any atom is -0.508 e. The second kappa shape index (κ2) is 10.0. The highest BCUT2D eigenvalue weighted by molar-refractivity contribution is 6.36. The van der Waals surface area contributed by atoms with Crippen molar-refractivity contribution in [1.82, 2.24) is 4.98 Å². The molecule has 8 nitrogen and oxygen atoms in total. The van der Waals surface area contributed by atoms with Crippen LogP contribution >= 0.6 is 23.2 Å². The highest BCUT2D eigenvalue weighted by Crippen LogP contribution is 2.25. The van der Waals surface area contributed by atoms with Crippen LogP contribution in [0.3, 0.4) is 0 Å². The van der Waals surface area contributed by atoms with E-state index >= 15 is 0 Å². The van der Waals surface area contributed by atoms with Crippen molar-refractivity contribution in [2.45, 2.75) is 13.0 Å². The number of benzene rings is 2. The number of nitrogens with zero attached hydrogens (tertiary/aromatic N) is 3. The number of azo groups is 1. The lowest BCUT2D eigenvalue weighted by Crippen LogP contribution is -2.30. The second-order valence-corrected chi connectivity index (χ2v) is 7.10. The molecule has 3 aromatic rings. The van der Waals surface area contributed by atoms with Crippen LogP contribution in [0, 0.1) is 0 Å². The van der Waals surface area contributed by atoms with E-state index in [1.54, 1.807) is 30.3 Å². The maximum absolute atomic E-state index is 12.6. The van der Waals surface area contributed by atoms with Gasteiger partial charge in [0.2, 0.25) is 0 Å². The molecule has 2 N–H and O–H groups in total. The van der Waals surface area contributed by atoms with Crippen molar-refractivity contribution in [3.8, 4) is 5.75 Å². The summed E-state index contributed by atoms with van der Waals surface area (Å²) in [7, 11) is 0. The number of halogens is 2. The number of carbonyl (C=O) groups excluding carboxylic acids is 2. The Labute approximate surface area is 187 Å². The molecule has 2 aromatic carbocycles. The van der Waals surface area contributed by atoms with Crippen molar-refractivity contribution in [2.24, 2.45) is 10.2 Å². The number of nitrogens with one attached hydrogen (secondary N) is 1. The molecule has 10 heteroatoms. The van der Waals surface area contributed by atoms with Gasteiger partial charge < -0.3 is 15.2 Å². The molecule has 31 heavy (non-hydrogen) atoms. The number of amides is 1. The molecule has 0 unspecified atom stereocenters. The van der Waals surface area contributed by atoms with Crippen molar-refractivity contribution < 1.29 is 19.4 Å². The van der Waals surface area contributed by atoms with E-state index in [9.17, 15) is 14.7 Å². The molecule has 0 aliphatic heterocycles. The van der Waals surface area contributed by atoms with Crippen LogP contribution in [0.15, 0.2) is 71.0 Å². The smallest absolute Gasteiger partial charge is 0.341 e. The number of pyridine rings is 1. The average Bonchev–Trinajstić information content (AvgIpc) is 2.75. The maximum atomic E-state index is 12.6. The van der Waals surface area contributed by atoms with E-state index < -0.39 is 18.0 Å². The Hall–Kier alpha value is -3.49. The summed E-state index contributed by atoms with van der Waals surface area (Å²) in [6.07, 6.45) is 0.192. The van der Waals surface area contributed by atoms with Crippen LogP contribution in [0.1, 0.15) is 17.3 Å². The number of hydrogen-bond acceptors (Lipinski definition) is 7. The summed E-state index contributed by atoms with van der Waals surface area (Å²) in [6, 6.07) is 13.9. The largest absolute Gasteiger partial charge is 0.508 e. The van der Waals surface area contributed by atoms with Gasteiger partial charge in [0, 0.05) is 6.20 Å². The molecule has 0 aliphatic rings. The Morgan fingerprint density at radius 2 is 1.81 bits per heavy atom. The fraction of sp³-hybridized carbons (Fsp3) is 0.0952. The predicted molar refractivity (Wildman–Crippen MR) is 116 cm³/mol. The maximum Gasteiger partial charge on any atom is 0.341 e. The Morgan fingerprint density at radius 3 is 2.52 bits per heavy atom. The van der Waals surface area contributed by atoms with E-state index in [4.69, 9.17) is 27.9 Å². The highest BCUT2D eigenvalue weighted by atomic mass is 35.5. The van der Waals surface area contributed by atoms with E-state index in [1.165, 1.54) is 37.4 Å². The minimum absolute atomic E-state index is 0.0991. The fourth-order valence-corrected chi connectivity index (χ4v) is 2.79. The molecule has 0 saturated carbocycles. The van der Waals surface area contributed by atoms with Crippen molar-refractivity contribution >= 4 is 52.3 Å². The van der Waals surface area contributed by atoms with Gasteiger partial charge in [-0.05, 0) is 49.4 Å². The van der Waals surface area contributed by atoms with Gasteiger partial charge >= 0.3 is 5.97 Å². The van der Waals surface area contributed by atoms with E-state index in [1.807, 2.05) is 0 Å². The van der Waals surface area contributed by atoms with Crippen LogP contribution in [-0.2, 0) is 9.53 Å². The number of phenols is 1. The lowest BCUT2D eigenvalue weighted by Gasteiger charge is -2.14. The van der Waals surface area contributed by atoms with Crippen LogP contribution in [0.5, 0.6) is 5.75 Å². The first kappa shape index (κ1) is 22.2. The van der Waals surface area contributed by atoms with Gasteiger partial charge in [-0.15, -0.1) is 5.11 Å². The van der Waals surface area contributed by atoms with Gasteiger partial charge in [-0.2, -0.15) is 5.11 Å². The lowest BCUT2D eigenvalue weighted by atomic mass is 10.2. The molecule has 0 radical (unpaired) electrons. The molecule has 3 rings (SSSR count). The monoisotopic (exact) mass is 458 g/mol. The van der Waals surface area contributed by atoms with E-state index in [0.29, 0.717) is 10.7 Å². The van der Waals surface area contributed by atoms with E-state index in [0.717, 1.165) is 0 Å². The number of esters is 1. The third-order valence-corrected chi connectivity index (χ3v) is 4.44. The molecular weight excluding hydrogens is 443 g/mol. The fourth-order valence-electron chi connectivity index (χ4n) is 2.37. The third kappa shape index (κ3) is 6.00. The SMILES string of the molecule is C[C@H](OC(=O)c1ccccc1N=Nc1ccc(O)cc1)C(=O)Nc1ncc(Cl)cc1Cl. The van der Waals surface area contributed by atoms with Gasteiger partial charge in [0.05, 0.1) is 21.3 Å². The summed E-state index contributed by atoms with van der Waals surface area (Å²) < 4.78 is 5.26. The predicted octanol–water partition coefficient (Wildman–Crippen LogP) is 5.69. The zero-order valence-corrected chi connectivity index (χ0v) is 17.6. The van der Waals surface area contributed by atoms with Crippen LogP contribution in [-0.4, -0.2) is 28.1 Å². The van der Waals surface area contributed by atoms with E-state index in [-0.39, 0.29) is 27.8 Å². The van der Waals surface area contributed by atoms with Crippen LogP contribution in [0.2, 0.25) is 10.0 Å². The molecule has 0 aliphatic carbocycles. The first-order valence-corrected chi connectivity index (χ1v) is 9.72. The van der Waals surface area contributed by atoms with Crippen LogP contribution in [0.4, 0.5) is 17.2 Å². The third-order valence-electron chi connectivity index (χ3n) is 3.95. The quantitative estimate of drug-likeness (QED) is 0.363. The van der Waals surface area contributed by atoms with Gasteiger partial charge in [0.15, 0.2) is 11.9 Å². The zero-order chi connectivity index (χ0) is 22.4. The lowest BCUT2D eigenvalue weighted by molar-refractivity contribution is -0.123. The molecule has 1 atom stereocenters. The van der Waals surface area contributed by atoms with Crippen molar-refractivity contribution in [2.75, 3.05) is 5.32 Å². The molecule has 1 aromatic heterocycles. The summed E-state index contributed by atoms with van der Waals surface area (Å²) in [5, 5.41) is 20.4. The molecule has 0 fully saturated rings. The Balaban J connectivity index is 1.69. The second-order valence-electron chi connectivity index (χ2n) is 6.25. The van der Waals surface area contributed by atoms with Gasteiger partial charge in [-0.3, -0.25) is 4.79 Å². The van der Waals surface area contributed by atoms with Gasteiger partial charge in [-0.25, -0.2) is 9.78 Å². The van der Waals surface area contributed by atoms with Crippen molar-refractivity contribution in [3.05, 3.63) is 76.4 Å². The number of carbonyl (C=O) groups is 2. The van der Waals surface area contributed by atoms with Crippen LogP contribution < -0.4 is 5.32 Å². The molecule has 1 amide bonds. The number of aromatic nitrogens is 1. The summed E-state index contributed by atoms with van der Waals surface area (Å²) in [6.45, 7) is 1.41. The Morgan fingerprint density at radius 1 is 1.10 bits per heavy atom. The number of aromatic hydroxyl groups is 1. The van der Waals surface area contributed by atoms with E-state index in [2.05, 4.69) is 20.5 Å². The van der Waals surface area contributed by atoms with Crippen molar-refractivity contribution in [3.63, 3.8) is 0 Å². The van der Waals surface area contributed by atoms with Gasteiger partial charge in [-0.1, -0.05) is 35.3 Å². The number of ether oxygens (including phenoxy) is 1. The minimum atomic E-state index is -1.14. The first-order chi connectivity index (χ1) is 14.8. The molecule has 0 bridgehead atoms. The summed E-state index contributed by atoms with van der Waals surface area (Å²) in [5.74, 6) is -1.17. The molecule has 158 valence electrons.